The van der Waals surface area contributed by atoms with Crippen LogP contribution in [0.2, 0.25) is 0 Å². The van der Waals surface area contributed by atoms with Crippen molar-refractivity contribution in [2.75, 3.05) is 39.9 Å². The Morgan fingerprint density at radius 1 is 1.35 bits per heavy atom. The lowest BCUT2D eigenvalue weighted by Gasteiger charge is -2.36. The average molecular weight is 264 g/mol. The van der Waals surface area contributed by atoms with Crippen LogP contribution in [0.4, 0.5) is 0 Å². The lowest BCUT2D eigenvalue weighted by atomic mass is 9.82. The van der Waals surface area contributed by atoms with Crippen LogP contribution >= 0.6 is 0 Å². The van der Waals surface area contributed by atoms with Crippen molar-refractivity contribution in [2.45, 2.75) is 18.9 Å². The second kappa shape index (κ2) is 5.19. The first kappa shape index (κ1) is 13.2. The third-order valence-electron chi connectivity index (χ3n) is 3.42. The van der Waals surface area contributed by atoms with E-state index in [1.807, 2.05) is 0 Å². The molecule has 0 bridgehead atoms. The first-order chi connectivity index (χ1) is 8.00. The predicted molar refractivity (Wildman–Crippen MR) is 62.7 cm³/mol. The van der Waals surface area contributed by atoms with Gasteiger partial charge in [-0.25, -0.2) is 0 Å². The SMILES string of the molecule is CN(CC1CC(O)C1)S(=O)(=O)N1CCOCC1. The van der Waals surface area contributed by atoms with Crippen LogP contribution in [-0.2, 0) is 14.9 Å². The first-order valence-corrected chi connectivity index (χ1v) is 7.37. The molecule has 100 valence electrons. The maximum absolute atomic E-state index is 12.2. The largest absolute Gasteiger partial charge is 0.393 e. The molecule has 0 spiro atoms. The Hall–Kier alpha value is -0.210. The Morgan fingerprint density at radius 2 is 1.94 bits per heavy atom. The van der Waals surface area contributed by atoms with Crippen LogP contribution < -0.4 is 0 Å². The molecule has 2 fully saturated rings. The fraction of sp³-hybridized carbons (Fsp3) is 1.00. The third kappa shape index (κ3) is 2.97. The summed E-state index contributed by atoms with van der Waals surface area (Å²) in [5, 5.41) is 9.19. The quantitative estimate of drug-likeness (QED) is 0.726. The van der Waals surface area contributed by atoms with E-state index in [0.29, 0.717) is 51.6 Å². The van der Waals surface area contributed by atoms with Crippen molar-refractivity contribution in [3.8, 4) is 0 Å². The molecule has 0 unspecified atom stereocenters. The molecule has 7 heteroatoms. The molecule has 1 saturated heterocycles. The Labute approximate surface area is 102 Å². The molecular formula is C10H20N2O4S. The Bertz CT molecular complexity index is 347. The van der Waals surface area contributed by atoms with Gasteiger partial charge in [0.05, 0.1) is 19.3 Å². The van der Waals surface area contributed by atoms with E-state index in [-0.39, 0.29) is 6.10 Å². The normalized spacial score (nSPS) is 31.5. The second-order valence-corrected chi connectivity index (χ2v) is 6.83. The fourth-order valence-corrected chi connectivity index (χ4v) is 3.69. The highest BCUT2D eigenvalue weighted by Gasteiger charge is 2.34. The minimum absolute atomic E-state index is 0.237. The molecule has 0 amide bonds. The summed E-state index contributed by atoms with van der Waals surface area (Å²) >= 11 is 0. The van der Waals surface area contributed by atoms with Gasteiger partial charge in [0.15, 0.2) is 0 Å². The average Bonchev–Trinajstić information content (AvgIpc) is 2.28. The number of aliphatic hydroxyl groups excluding tert-OH is 1. The van der Waals surface area contributed by atoms with Crippen molar-refractivity contribution in [3.63, 3.8) is 0 Å². The zero-order valence-electron chi connectivity index (χ0n) is 10.1. The maximum Gasteiger partial charge on any atom is 0.281 e. The first-order valence-electron chi connectivity index (χ1n) is 5.97. The summed E-state index contributed by atoms with van der Waals surface area (Å²) in [6, 6.07) is 0. The molecule has 6 nitrogen and oxygen atoms in total. The van der Waals surface area contributed by atoms with E-state index >= 15 is 0 Å². The van der Waals surface area contributed by atoms with Crippen molar-refractivity contribution in [3.05, 3.63) is 0 Å². The number of aliphatic hydroxyl groups is 1. The van der Waals surface area contributed by atoms with E-state index in [0.717, 1.165) is 0 Å². The van der Waals surface area contributed by atoms with Crippen molar-refractivity contribution in [1.82, 2.24) is 8.61 Å². The van der Waals surface area contributed by atoms with Gasteiger partial charge in [-0.3, -0.25) is 0 Å². The van der Waals surface area contributed by atoms with Gasteiger partial charge in [-0.15, -0.1) is 0 Å². The molecule has 1 saturated carbocycles. The van der Waals surface area contributed by atoms with Gasteiger partial charge in [0.25, 0.3) is 10.2 Å². The molecule has 1 heterocycles. The number of rotatable bonds is 4. The van der Waals surface area contributed by atoms with Crippen LogP contribution in [0.5, 0.6) is 0 Å². The smallest absolute Gasteiger partial charge is 0.281 e. The molecule has 17 heavy (non-hydrogen) atoms. The van der Waals surface area contributed by atoms with Gasteiger partial charge in [-0.1, -0.05) is 0 Å². The van der Waals surface area contributed by atoms with Crippen molar-refractivity contribution in [2.24, 2.45) is 5.92 Å². The predicted octanol–water partition coefficient (Wildman–Crippen LogP) is -0.734. The van der Waals surface area contributed by atoms with Crippen LogP contribution in [0.15, 0.2) is 0 Å². The fourth-order valence-electron chi connectivity index (χ4n) is 2.28. The maximum atomic E-state index is 12.2. The van der Waals surface area contributed by atoms with E-state index in [1.165, 1.54) is 8.61 Å². The van der Waals surface area contributed by atoms with Gasteiger partial charge < -0.3 is 9.84 Å². The number of nitrogens with zero attached hydrogens (tertiary/aromatic N) is 2. The summed E-state index contributed by atoms with van der Waals surface area (Å²) in [6.07, 6.45) is 1.19. The van der Waals surface area contributed by atoms with Crippen molar-refractivity contribution in [1.29, 1.82) is 0 Å². The van der Waals surface area contributed by atoms with Crippen LogP contribution in [0.1, 0.15) is 12.8 Å². The lowest BCUT2D eigenvalue weighted by Crippen LogP contribution is -2.49. The number of ether oxygens (including phenoxy) is 1. The Kier molecular flexibility index (Phi) is 4.04. The minimum Gasteiger partial charge on any atom is -0.393 e. The molecule has 0 atom stereocenters. The molecule has 1 aliphatic carbocycles. The van der Waals surface area contributed by atoms with Crippen LogP contribution in [0, 0.1) is 5.92 Å². The minimum atomic E-state index is -3.35. The summed E-state index contributed by atoms with van der Waals surface area (Å²) < 4.78 is 32.4. The molecule has 0 aromatic rings. The Morgan fingerprint density at radius 3 is 2.47 bits per heavy atom. The second-order valence-electron chi connectivity index (χ2n) is 4.79. The molecule has 1 aliphatic heterocycles. The van der Waals surface area contributed by atoms with Crippen molar-refractivity contribution >= 4 is 10.2 Å². The topological polar surface area (TPSA) is 70.1 Å². The van der Waals surface area contributed by atoms with E-state index in [1.54, 1.807) is 7.05 Å². The van der Waals surface area contributed by atoms with Gasteiger partial charge in [0.1, 0.15) is 0 Å². The highest BCUT2D eigenvalue weighted by atomic mass is 32.2. The van der Waals surface area contributed by atoms with Gasteiger partial charge in [0, 0.05) is 26.7 Å². The van der Waals surface area contributed by atoms with Gasteiger partial charge in [-0.2, -0.15) is 17.0 Å². The van der Waals surface area contributed by atoms with Gasteiger partial charge in [-0.05, 0) is 18.8 Å². The zero-order chi connectivity index (χ0) is 12.5. The molecule has 0 aromatic carbocycles. The standard InChI is InChI=1S/C10H20N2O4S/c1-11(8-9-6-10(13)7-9)17(14,15)12-2-4-16-5-3-12/h9-10,13H,2-8H2,1H3. The van der Waals surface area contributed by atoms with Crippen LogP contribution in [-0.4, -0.2) is 68.1 Å². The summed E-state index contributed by atoms with van der Waals surface area (Å²) in [5.74, 6) is 0.297. The van der Waals surface area contributed by atoms with Crippen LogP contribution in [0.25, 0.3) is 0 Å². The van der Waals surface area contributed by atoms with Gasteiger partial charge in [0.2, 0.25) is 0 Å². The highest BCUT2D eigenvalue weighted by Crippen LogP contribution is 2.28. The summed E-state index contributed by atoms with van der Waals surface area (Å²) in [5.41, 5.74) is 0. The Balaban J connectivity index is 1.89. The number of hydrogen-bond donors (Lipinski definition) is 1. The molecule has 0 radical (unpaired) electrons. The van der Waals surface area contributed by atoms with E-state index < -0.39 is 10.2 Å². The van der Waals surface area contributed by atoms with E-state index in [2.05, 4.69) is 0 Å². The molecule has 2 rings (SSSR count). The third-order valence-corrected chi connectivity index (χ3v) is 5.37. The summed E-state index contributed by atoms with van der Waals surface area (Å²) in [6.45, 7) is 2.29. The zero-order valence-corrected chi connectivity index (χ0v) is 10.9. The summed E-state index contributed by atoms with van der Waals surface area (Å²) in [7, 11) is -1.74. The van der Waals surface area contributed by atoms with Gasteiger partial charge >= 0.3 is 0 Å². The number of hydrogen-bond acceptors (Lipinski definition) is 4. The molecule has 2 aliphatic rings. The lowest BCUT2D eigenvalue weighted by molar-refractivity contribution is 0.0348. The molecular weight excluding hydrogens is 244 g/mol. The van der Waals surface area contributed by atoms with Crippen molar-refractivity contribution < 1.29 is 18.3 Å². The van der Waals surface area contributed by atoms with E-state index in [4.69, 9.17) is 4.74 Å². The van der Waals surface area contributed by atoms with E-state index in [9.17, 15) is 13.5 Å². The number of morpholine rings is 1. The molecule has 0 aromatic heterocycles. The monoisotopic (exact) mass is 264 g/mol. The van der Waals surface area contributed by atoms with Crippen LogP contribution in [0.3, 0.4) is 0 Å². The summed E-state index contributed by atoms with van der Waals surface area (Å²) in [4.78, 5) is 0. The highest BCUT2D eigenvalue weighted by molar-refractivity contribution is 7.86. The molecule has 1 N–H and O–H groups in total.